The quantitative estimate of drug-likeness (QED) is 0.326. The van der Waals surface area contributed by atoms with Crippen molar-refractivity contribution in [1.29, 1.82) is 0 Å². The van der Waals surface area contributed by atoms with Gasteiger partial charge in [0, 0.05) is 30.3 Å². The van der Waals surface area contributed by atoms with E-state index in [1.807, 2.05) is 13.0 Å². The lowest BCUT2D eigenvalue weighted by atomic mass is 9.81. The average Bonchev–Trinajstić information content (AvgIpc) is 2.98. The lowest BCUT2D eigenvalue weighted by Crippen LogP contribution is -2.24. The molecule has 1 N–H and O–H groups in total. The Morgan fingerprint density at radius 2 is 1.79 bits per heavy atom. The zero-order valence-electron chi connectivity index (χ0n) is 19.2. The van der Waals surface area contributed by atoms with Gasteiger partial charge in [-0.05, 0) is 50.3 Å². The lowest BCUT2D eigenvalue weighted by Gasteiger charge is -2.25. The van der Waals surface area contributed by atoms with Crippen LogP contribution < -0.4 is 0 Å². The molecule has 0 aliphatic carbocycles. The summed E-state index contributed by atoms with van der Waals surface area (Å²) in [5.74, 6) is 2.26. The molecule has 0 aromatic rings. The predicted octanol–water partition coefficient (Wildman–Crippen LogP) is 6.92. The van der Waals surface area contributed by atoms with E-state index in [1.165, 1.54) is 31.3 Å². The van der Waals surface area contributed by atoms with Gasteiger partial charge in [0.15, 0.2) is 0 Å². The topological polar surface area (TPSA) is 32.7 Å². The van der Waals surface area contributed by atoms with Crippen LogP contribution in [0.3, 0.4) is 0 Å². The first-order valence-corrected chi connectivity index (χ1v) is 10.6. The van der Waals surface area contributed by atoms with Crippen LogP contribution in [0.4, 0.5) is 0 Å². The van der Waals surface area contributed by atoms with E-state index in [1.54, 1.807) is 14.0 Å². The molecule has 1 atom stereocenters. The molecule has 158 valence electrons. The first-order chi connectivity index (χ1) is 13.2. The highest BCUT2D eigenvalue weighted by Crippen LogP contribution is 2.41. The van der Waals surface area contributed by atoms with E-state index in [9.17, 15) is 5.11 Å². The van der Waals surface area contributed by atoms with Gasteiger partial charge in [-0.3, -0.25) is 0 Å². The Morgan fingerprint density at radius 1 is 1.21 bits per heavy atom. The molecule has 28 heavy (non-hydrogen) atoms. The fourth-order valence-corrected chi connectivity index (χ4v) is 4.43. The minimum atomic E-state index is 0.359. The van der Waals surface area contributed by atoms with Crippen molar-refractivity contribution >= 4 is 0 Å². The van der Waals surface area contributed by atoms with Crippen LogP contribution in [-0.2, 0) is 4.74 Å². The van der Waals surface area contributed by atoms with Gasteiger partial charge >= 0.3 is 0 Å². The average molecular weight is 388 g/mol. The summed E-state index contributed by atoms with van der Waals surface area (Å²) in [6, 6.07) is 0. The number of aliphatic hydroxyl groups excluding tert-OH is 1. The summed E-state index contributed by atoms with van der Waals surface area (Å²) in [6.07, 6.45) is 6.56. The van der Waals surface area contributed by atoms with Gasteiger partial charge < -0.3 is 14.7 Å². The molecule has 3 heteroatoms. The van der Waals surface area contributed by atoms with E-state index in [2.05, 4.69) is 45.8 Å². The van der Waals surface area contributed by atoms with Crippen LogP contribution in [0.25, 0.3) is 0 Å². The largest absolute Gasteiger partial charge is 0.512 e. The van der Waals surface area contributed by atoms with Crippen LogP contribution in [0.1, 0.15) is 67.2 Å². The summed E-state index contributed by atoms with van der Waals surface area (Å²) in [6.45, 7) is 22.5. The molecule has 1 saturated heterocycles. The molecule has 0 aromatic carbocycles. The van der Waals surface area contributed by atoms with E-state index in [0.717, 1.165) is 41.3 Å². The number of ether oxygens (including phenoxy) is 1. The van der Waals surface area contributed by atoms with Gasteiger partial charge in [-0.2, -0.15) is 0 Å². The molecule has 0 bridgehead atoms. The lowest BCUT2D eigenvalue weighted by molar-refractivity contribution is 0.285. The van der Waals surface area contributed by atoms with Gasteiger partial charge in [0.2, 0.25) is 0 Å². The van der Waals surface area contributed by atoms with E-state index < -0.39 is 0 Å². The molecule has 1 aliphatic rings. The SMILES string of the molecule is C=C/C(C)=C(OC)\C(C)=C(/C)CN1CC(C(CCC)CCC)/C(=C(/C)O)C1=C. The summed E-state index contributed by atoms with van der Waals surface area (Å²) in [4.78, 5) is 2.33. The standard InChI is InChI=1S/C25H41NO2/c1-10-13-22(14-11-2)23-16-26(20(7)24(23)21(8)27)15-18(5)19(6)25(28-9)17(4)12-3/h12,22-23,27H,3,7,10-11,13-16H2,1-2,4-6,8-9H3/b19-18+,24-21-,25-17+. The smallest absolute Gasteiger partial charge is 0.124 e. The summed E-state index contributed by atoms with van der Waals surface area (Å²) in [7, 11) is 1.71. The van der Waals surface area contributed by atoms with Crippen molar-refractivity contribution in [3.63, 3.8) is 0 Å². The van der Waals surface area contributed by atoms with Gasteiger partial charge in [0.05, 0.1) is 12.9 Å². The predicted molar refractivity (Wildman–Crippen MR) is 121 cm³/mol. The molecular weight excluding hydrogens is 346 g/mol. The van der Waals surface area contributed by atoms with Crippen LogP contribution in [0, 0.1) is 11.8 Å². The molecule has 1 fully saturated rings. The van der Waals surface area contributed by atoms with E-state index in [4.69, 9.17) is 4.74 Å². The number of nitrogens with zero attached hydrogens (tertiary/aromatic N) is 1. The van der Waals surface area contributed by atoms with Crippen molar-refractivity contribution in [1.82, 2.24) is 4.90 Å². The number of methoxy groups -OCH3 is 1. The number of rotatable bonds is 10. The highest BCUT2D eigenvalue weighted by atomic mass is 16.5. The van der Waals surface area contributed by atoms with Gasteiger partial charge in [-0.1, -0.05) is 58.8 Å². The summed E-state index contributed by atoms with van der Waals surface area (Å²) < 4.78 is 5.62. The van der Waals surface area contributed by atoms with Crippen molar-refractivity contribution in [3.8, 4) is 0 Å². The normalized spacial score (nSPS) is 20.9. The maximum atomic E-state index is 10.4. The minimum absolute atomic E-state index is 0.359. The van der Waals surface area contributed by atoms with Crippen LogP contribution in [-0.4, -0.2) is 30.2 Å². The van der Waals surface area contributed by atoms with Crippen LogP contribution in [0.15, 0.2) is 58.7 Å². The zero-order chi connectivity index (χ0) is 21.4. The van der Waals surface area contributed by atoms with Crippen molar-refractivity contribution in [2.45, 2.75) is 67.2 Å². The molecular formula is C25H41NO2. The number of allylic oxidation sites excluding steroid dienone is 5. The number of aliphatic hydroxyl groups is 1. The number of hydrogen-bond acceptors (Lipinski definition) is 3. The molecule has 1 unspecified atom stereocenters. The third-order valence-electron chi connectivity index (χ3n) is 6.04. The molecule has 1 heterocycles. The first kappa shape index (κ1) is 24.1. The third kappa shape index (κ3) is 5.56. The molecule has 1 rings (SSSR count). The monoisotopic (exact) mass is 387 g/mol. The Labute approximate surface area is 173 Å². The van der Waals surface area contributed by atoms with Crippen molar-refractivity contribution < 1.29 is 9.84 Å². The van der Waals surface area contributed by atoms with Crippen LogP contribution >= 0.6 is 0 Å². The second kappa shape index (κ2) is 11.2. The number of likely N-dealkylation sites (tertiary alicyclic amines) is 1. The van der Waals surface area contributed by atoms with E-state index >= 15 is 0 Å². The van der Waals surface area contributed by atoms with Crippen molar-refractivity contribution in [3.05, 3.63) is 58.7 Å². The first-order valence-electron chi connectivity index (χ1n) is 10.6. The Balaban J connectivity index is 3.19. The molecule has 0 saturated carbocycles. The van der Waals surface area contributed by atoms with Gasteiger partial charge in [-0.25, -0.2) is 0 Å². The van der Waals surface area contributed by atoms with Gasteiger partial charge in [-0.15, -0.1) is 0 Å². The van der Waals surface area contributed by atoms with Crippen LogP contribution in [0.5, 0.6) is 0 Å². The second-order valence-corrected chi connectivity index (χ2v) is 8.10. The Bertz CT molecular complexity index is 656. The van der Waals surface area contributed by atoms with E-state index in [-0.39, 0.29) is 0 Å². The number of hydrogen-bond donors (Lipinski definition) is 1. The fraction of sp³-hybridized carbons (Fsp3) is 0.600. The second-order valence-electron chi connectivity index (χ2n) is 8.10. The minimum Gasteiger partial charge on any atom is -0.512 e. The van der Waals surface area contributed by atoms with Crippen LogP contribution in [0.2, 0.25) is 0 Å². The summed E-state index contributed by atoms with van der Waals surface area (Å²) in [5, 5.41) is 10.4. The maximum Gasteiger partial charge on any atom is 0.124 e. The zero-order valence-corrected chi connectivity index (χ0v) is 19.2. The van der Waals surface area contributed by atoms with E-state index in [0.29, 0.717) is 17.6 Å². The highest BCUT2D eigenvalue weighted by molar-refractivity contribution is 5.40. The Morgan fingerprint density at radius 3 is 2.21 bits per heavy atom. The molecule has 0 aromatic heterocycles. The van der Waals surface area contributed by atoms with Crippen molar-refractivity contribution in [2.75, 3.05) is 20.2 Å². The molecule has 0 spiro atoms. The molecule has 0 radical (unpaired) electrons. The highest BCUT2D eigenvalue weighted by Gasteiger charge is 2.36. The molecule has 0 amide bonds. The summed E-state index contributed by atoms with van der Waals surface area (Å²) in [5.41, 5.74) is 5.45. The summed E-state index contributed by atoms with van der Waals surface area (Å²) >= 11 is 0. The Kier molecular flexibility index (Phi) is 9.64. The van der Waals surface area contributed by atoms with Gasteiger partial charge in [0.25, 0.3) is 0 Å². The fourth-order valence-electron chi connectivity index (χ4n) is 4.43. The maximum absolute atomic E-state index is 10.4. The third-order valence-corrected chi connectivity index (χ3v) is 6.04. The molecule has 1 aliphatic heterocycles. The Hall–Kier alpha value is -1.90. The van der Waals surface area contributed by atoms with Crippen molar-refractivity contribution in [2.24, 2.45) is 11.8 Å². The van der Waals surface area contributed by atoms with Gasteiger partial charge in [0.1, 0.15) is 5.76 Å². The molecule has 3 nitrogen and oxygen atoms in total.